The summed E-state index contributed by atoms with van der Waals surface area (Å²) >= 11 is 0. The lowest BCUT2D eigenvalue weighted by Gasteiger charge is -2.31. The molecule has 0 spiro atoms. The second-order valence-corrected chi connectivity index (χ2v) is 3.09. The Hall–Kier alpha value is -1.07. The highest BCUT2D eigenvalue weighted by molar-refractivity contribution is 5.29. The Morgan fingerprint density at radius 2 is 2.69 bits per heavy atom. The first-order chi connectivity index (χ1) is 6.40. The lowest BCUT2D eigenvalue weighted by atomic mass is 10.3. The largest absolute Gasteiger partial charge is 0.373 e. The number of nitrogens with zero attached hydrogens (tertiary/aromatic N) is 2. The molecule has 2 rings (SSSR count). The van der Waals surface area contributed by atoms with Crippen LogP contribution in [-0.2, 0) is 4.74 Å². The van der Waals surface area contributed by atoms with Gasteiger partial charge in [-0.15, -0.1) is 0 Å². The van der Waals surface area contributed by atoms with Crippen LogP contribution >= 0.6 is 0 Å². The molecule has 0 saturated carbocycles. The van der Waals surface area contributed by atoms with Crippen molar-refractivity contribution in [2.75, 3.05) is 31.1 Å². The molecule has 1 aliphatic heterocycles. The number of nitrogens with one attached hydrogen (secondary N) is 1. The number of hydrogen-bond acceptors (Lipinski definition) is 4. The van der Waals surface area contributed by atoms with E-state index in [2.05, 4.69) is 14.9 Å². The second kappa shape index (κ2) is 3.76. The standard InChI is InChI=1S/C8H14N4O/c9-5-7-6-12(3-4-13-7)8-10-1-2-11-8/h1-2,7H,3-6,9H2,(H,10,11). The number of hydrogen-bond donors (Lipinski definition) is 2. The van der Waals surface area contributed by atoms with E-state index in [4.69, 9.17) is 10.5 Å². The van der Waals surface area contributed by atoms with E-state index in [1.54, 1.807) is 6.20 Å². The third-order valence-electron chi connectivity index (χ3n) is 2.18. The van der Waals surface area contributed by atoms with Crippen molar-refractivity contribution in [3.8, 4) is 0 Å². The lowest BCUT2D eigenvalue weighted by Crippen LogP contribution is -2.46. The van der Waals surface area contributed by atoms with E-state index in [9.17, 15) is 0 Å². The third kappa shape index (κ3) is 1.81. The monoisotopic (exact) mass is 182 g/mol. The summed E-state index contributed by atoms with van der Waals surface area (Å²) in [6, 6.07) is 0. The molecule has 0 radical (unpaired) electrons. The molecule has 0 bridgehead atoms. The molecule has 1 saturated heterocycles. The summed E-state index contributed by atoms with van der Waals surface area (Å²) in [5.74, 6) is 0.904. The smallest absolute Gasteiger partial charge is 0.202 e. The molecule has 5 heteroatoms. The Bertz CT molecular complexity index is 249. The van der Waals surface area contributed by atoms with Gasteiger partial charge in [0.05, 0.1) is 12.7 Å². The molecule has 2 heterocycles. The molecule has 1 unspecified atom stereocenters. The topological polar surface area (TPSA) is 67.2 Å². The fourth-order valence-corrected chi connectivity index (χ4v) is 1.48. The van der Waals surface area contributed by atoms with Gasteiger partial charge in [0, 0.05) is 32.0 Å². The maximum Gasteiger partial charge on any atom is 0.202 e. The molecule has 5 nitrogen and oxygen atoms in total. The predicted octanol–water partition coefficient (Wildman–Crippen LogP) is -0.426. The second-order valence-electron chi connectivity index (χ2n) is 3.09. The maximum absolute atomic E-state index is 5.54. The normalized spacial score (nSPS) is 23.5. The highest BCUT2D eigenvalue weighted by atomic mass is 16.5. The van der Waals surface area contributed by atoms with Gasteiger partial charge >= 0.3 is 0 Å². The number of ether oxygens (including phenoxy) is 1. The average molecular weight is 182 g/mol. The average Bonchev–Trinajstić information content (AvgIpc) is 2.71. The quantitative estimate of drug-likeness (QED) is 0.651. The lowest BCUT2D eigenvalue weighted by molar-refractivity contribution is 0.0460. The van der Waals surface area contributed by atoms with Crippen molar-refractivity contribution < 1.29 is 4.74 Å². The van der Waals surface area contributed by atoms with Crippen LogP contribution in [0.4, 0.5) is 5.95 Å². The first-order valence-electron chi connectivity index (χ1n) is 4.46. The van der Waals surface area contributed by atoms with Gasteiger partial charge in [-0.05, 0) is 0 Å². The summed E-state index contributed by atoms with van der Waals surface area (Å²) in [6.07, 6.45) is 3.71. The molecule has 1 aromatic rings. The van der Waals surface area contributed by atoms with Gasteiger partial charge in [-0.2, -0.15) is 0 Å². The first kappa shape index (κ1) is 8.52. The van der Waals surface area contributed by atoms with E-state index in [1.807, 2.05) is 6.20 Å². The summed E-state index contributed by atoms with van der Waals surface area (Å²) in [7, 11) is 0. The summed E-state index contributed by atoms with van der Waals surface area (Å²) in [5, 5.41) is 0. The Morgan fingerprint density at radius 1 is 1.77 bits per heavy atom. The van der Waals surface area contributed by atoms with Gasteiger partial charge in [0.25, 0.3) is 0 Å². The number of anilines is 1. The number of aromatic amines is 1. The molecule has 3 N–H and O–H groups in total. The molecule has 1 aliphatic rings. The Morgan fingerprint density at radius 3 is 3.38 bits per heavy atom. The van der Waals surface area contributed by atoms with Crippen LogP contribution in [0.25, 0.3) is 0 Å². The molecule has 1 fully saturated rings. The van der Waals surface area contributed by atoms with Crippen LogP contribution in [0.1, 0.15) is 0 Å². The molecule has 0 amide bonds. The van der Waals surface area contributed by atoms with Crippen molar-refractivity contribution in [1.82, 2.24) is 9.97 Å². The van der Waals surface area contributed by atoms with Crippen molar-refractivity contribution in [1.29, 1.82) is 0 Å². The highest BCUT2D eigenvalue weighted by Gasteiger charge is 2.20. The molecule has 1 atom stereocenters. The minimum atomic E-state index is 0.138. The number of nitrogens with two attached hydrogens (primary N) is 1. The minimum absolute atomic E-state index is 0.138. The summed E-state index contributed by atoms with van der Waals surface area (Å²) in [5.41, 5.74) is 5.54. The number of morpholine rings is 1. The molecule has 13 heavy (non-hydrogen) atoms. The van der Waals surface area contributed by atoms with Crippen LogP contribution in [-0.4, -0.2) is 42.3 Å². The zero-order valence-electron chi connectivity index (χ0n) is 7.44. The molecule has 72 valence electrons. The van der Waals surface area contributed by atoms with Gasteiger partial charge in [-0.25, -0.2) is 4.98 Å². The number of imidazole rings is 1. The van der Waals surface area contributed by atoms with E-state index >= 15 is 0 Å². The van der Waals surface area contributed by atoms with E-state index in [-0.39, 0.29) is 6.10 Å². The summed E-state index contributed by atoms with van der Waals surface area (Å²) in [4.78, 5) is 9.41. The van der Waals surface area contributed by atoms with Crippen molar-refractivity contribution in [3.05, 3.63) is 12.4 Å². The van der Waals surface area contributed by atoms with Crippen LogP contribution in [0.5, 0.6) is 0 Å². The minimum Gasteiger partial charge on any atom is -0.373 e. The van der Waals surface area contributed by atoms with E-state index < -0.39 is 0 Å². The van der Waals surface area contributed by atoms with Crippen LogP contribution < -0.4 is 10.6 Å². The molecular weight excluding hydrogens is 168 g/mol. The van der Waals surface area contributed by atoms with Crippen molar-refractivity contribution in [2.45, 2.75) is 6.10 Å². The van der Waals surface area contributed by atoms with Crippen LogP contribution in [0.15, 0.2) is 12.4 Å². The Labute approximate surface area is 76.9 Å². The fraction of sp³-hybridized carbons (Fsp3) is 0.625. The van der Waals surface area contributed by atoms with Gasteiger partial charge in [0.15, 0.2) is 0 Å². The Balaban J connectivity index is 2.00. The zero-order valence-corrected chi connectivity index (χ0v) is 7.44. The van der Waals surface area contributed by atoms with E-state index in [0.717, 1.165) is 25.6 Å². The Kier molecular flexibility index (Phi) is 2.47. The van der Waals surface area contributed by atoms with Gasteiger partial charge < -0.3 is 20.4 Å². The summed E-state index contributed by atoms with van der Waals surface area (Å²) < 4.78 is 5.45. The summed E-state index contributed by atoms with van der Waals surface area (Å²) in [6.45, 7) is 2.99. The van der Waals surface area contributed by atoms with Crippen molar-refractivity contribution in [2.24, 2.45) is 5.73 Å². The molecular formula is C8H14N4O. The van der Waals surface area contributed by atoms with Crippen LogP contribution in [0, 0.1) is 0 Å². The van der Waals surface area contributed by atoms with Gasteiger partial charge in [0.1, 0.15) is 0 Å². The molecule has 0 aliphatic carbocycles. The van der Waals surface area contributed by atoms with E-state index in [1.165, 1.54) is 0 Å². The van der Waals surface area contributed by atoms with Crippen LogP contribution in [0.3, 0.4) is 0 Å². The highest BCUT2D eigenvalue weighted by Crippen LogP contribution is 2.11. The zero-order chi connectivity index (χ0) is 9.10. The number of H-pyrrole nitrogens is 1. The van der Waals surface area contributed by atoms with Gasteiger partial charge in [-0.1, -0.05) is 0 Å². The van der Waals surface area contributed by atoms with Crippen molar-refractivity contribution >= 4 is 5.95 Å². The third-order valence-corrected chi connectivity index (χ3v) is 2.18. The first-order valence-corrected chi connectivity index (χ1v) is 4.46. The SMILES string of the molecule is NCC1CN(c2ncc[nH]2)CCO1. The maximum atomic E-state index is 5.54. The number of rotatable bonds is 2. The van der Waals surface area contributed by atoms with Gasteiger partial charge in [0.2, 0.25) is 5.95 Å². The predicted molar refractivity (Wildman–Crippen MR) is 49.6 cm³/mol. The van der Waals surface area contributed by atoms with Gasteiger partial charge in [-0.3, -0.25) is 0 Å². The van der Waals surface area contributed by atoms with Crippen molar-refractivity contribution in [3.63, 3.8) is 0 Å². The fourth-order valence-electron chi connectivity index (χ4n) is 1.48. The number of aromatic nitrogens is 2. The van der Waals surface area contributed by atoms with Crippen LogP contribution in [0.2, 0.25) is 0 Å². The molecule has 1 aromatic heterocycles. The molecule has 0 aromatic carbocycles. The van der Waals surface area contributed by atoms with E-state index in [0.29, 0.717) is 6.54 Å².